The number of carboxylic acid groups (broad SMARTS) is 2. The van der Waals surface area contributed by atoms with Crippen LogP contribution in [0.15, 0.2) is 72.8 Å². The summed E-state index contributed by atoms with van der Waals surface area (Å²) in [5, 5.41) is 24.9. The van der Waals surface area contributed by atoms with Gasteiger partial charge in [-0.1, -0.05) is 41.5 Å². The third-order valence-electron chi connectivity index (χ3n) is 13.5. The van der Waals surface area contributed by atoms with Crippen LogP contribution in [0.5, 0.6) is 23.0 Å². The molecule has 0 saturated heterocycles. The number of nitrogens with one attached hydrogen (secondary N) is 2. The van der Waals surface area contributed by atoms with E-state index in [0.29, 0.717) is 70.5 Å². The minimum Gasteiger partial charge on any atom is -0.496 e. The number of hydrogen-bond acceptors (Lipinski definition) is 10. The summed E-state index contributed by atoms with van der Waals surface area (Å²) < 4.78 is 98.8. The molecular formula is C54H64F6N6O8. The first kappa shape index (κ1) is 54.9. The molecule has 20 heteroatoms. The van der Waals surface area contributed by atoms with Crippen molar-refractivity contribution in [2.75, 3.05) is 24.9 Å². The molecule has 4 N–H and O–H groups in total. The number of hydrogen-bond donors (Lipinski definition) is 4. The highest BCUT2D eigenvalue weighted by atomic mass is 19.4. The molecule has 6 aromatic rings. The lowest BCUT2D eigenvalue weighted by atomic mass is 9.70. The van der Waals surface area contributed by atoms with Crippen LogP contribution in [0.25, 0.3) is 22.1 Å². The monoisotopic (exact) mass is 1040 g/mol. The molecule has 74 heavy (non-hydrogen) atoms. The van der Waals surface area contributed by atoms with E-state index in [9.17, 15) is 35.9 Å². The Bertz CT molecular complexity index is 2730. The summed E-state index contributed by atoms with van der Waals surface area (Å²) in [6, 6.07) is 18.8. The van der Waals surface area contributed by atoms with Gasteiger partial charge in [0.1, 0.15) is 23.0 Å². The molecule has 2 aliphatic carbocycles. The van der Waals surface area contributed by atoms with Crippen molar-refractivity contribution in [3.05, 3.63) is 83.9 Å². The predicted molar refractivity (Wildman–Crippen MR) is 269 cm³/mol. The Hall–Kier alpha value is -6.86. The molecule has 0 unspecified atom stereocenters. The van der Waals surface area contributed by atoms with Gasteiger partial charge in [0.25, 0.3) is 0 Å². The van der Waals surface area contributed by atoms with Gasteiger partial charge in [-0.3, -0.25) is 9.59 Å². The third-order valence-corrected chi connectivity index (χ3v) is 13.5. The highest BCUT2D eigenvalue weighted by Crippen LogP contribution is 2.48. The summed E-state index contributed by atoms with van der Waals surface area (Å²) in [6.07, 6.45) is -2.99. The van der Waals surface area contributed by atoms with Gasteiger partial charge in [0, 0.05) is 48.4 Å². The maximum absolute atomic E-state index is 12.6. The van der Waals surface area contributed by atoms with E-state index in [1.54, 1.807) is 14.2 Å². The Morgan fingerprint density at radius 3 is 1.26 bits per heavy atom. The van der Waals surface area contributed by atoms with Crippen LogP contribution in [0.1, 0.15) is 116 Å². The second kappa shape index (κ2) is 21.9. The van der Waals surface area contributed by atoms with E-state index in [1.165, 1.54) is 48.5 Å². The quantitative estimate of drug-likeness (QED) is 0.0677. The number of carboxylic acids is 2. The fourth-order valence-corrected chi connectivity index (χ4v) is 11.2. The number of methoxy groups -OCH3 is 2. The molecule has 0 radical (unpaired) electrons. The van der Waals surface area contributed by atoms with E-state index in [4.69, 9.17) is 29.7 Å². The SMILES string of the molecule is COc1cc2c(cc1CCC(=O)O)nc(Nc1ccc(OC(F)(F)F)cc1)n2[C@@H]1C[C@H](C)CC(C)(C)C1.COc1cc2c(cc1CCC(=O)O)nc(Nc1ccc(OC(F)(F)F)cc1)n2[C@H]1C[C@@H](C)CC(C)(C)C1. The van der Waals surface area contributed by atoms with E-state index in [0.717, 1.165) is 60.7 Å². The number of fused-ring (bicyclic) bond motifs is 2. The lowest BCUT2D eigenvalue weighted by Crippen LogP contribution is -2.29. The Balaban J connectivity index is 0.000000216. The number of anilines is 4. The molecule has 2 aliphatic rings. The van der Waals surface area contributed by atoms with Crippen molar-refractivity contribution in [3.8, 4) is 23.0 Å². The van der Waals surface area contributed by atoms with Gasteiger partial charge >= 0.3 is 24.7 Å². The molecule has 0 amide bonds. The van der Waals surface area contributed by atoms with Crippen LogP contribution in [0.3, 0.4) is 0 Å². The molecule has 0 aliphatic heterocycles. The second-order valence-corrected chi connectivity index (χ2v) is 21.2. The molecule has 4 atom stereocenters. The summed E-state index contributed by atoms with van der Waals surface area (Å²) in [5.41, 5.74) is 5.96. The maximum atomic E-state index is 12.6. The van der Waals surface area contributed by atoms with Crippen LogP contribution in [-0.4, -0.2) is 68.2 Å². The van der Waals surface area contributed by atoms with E-state index in [1.807, 2.05) is 24.3 Å². The van der Waals surface area contributed by atoms with Crippen LogP contribution >= 0.6 is 0 Å². The highest BCUT2D eigenvalue weighted by molar-refractivity contribution is 5.84. The Morgan fingerprint density at radius 2 is 0.959 bits per heavy atom. The summed E-state index contributed by atoms with van der Waals surface area (Å²) in [6.45, 7) is 13.5. The third kappa shape index (κ3) is 14.2. The number of rotatable bonds is 16. The number of benzene rings is 4. The van der Waals surface area contributed by atoms with E-state index < -0.39 is 24.7 Å². The number of aryl methyl sites for hydroxylation is 2. The van der Waals surface area contributed by atoms with Crippen LogP contribution in [-0.2, 0) is 22.4 Å². The molecule has 0 bridgehead atoms. The van der Waals surface area contributed by atoms with Crippen LogP contribution in [0, 0.1) is 22.7 Å². The van der Waals surface area contributed by atoms with Crippen molar-refractivity contribution in [1.29, 1.82) is 0 Å². The molecule has 2 heterocycles. The largest absolute Gasteiger partial charge is 0.573 e. The number of alkyl halides is 6. The average molecular weight is 1040 g/mol. The van der Waals surface area contributed by atoms with E-state index in [2.05, 4.69) is 70.8 Å². The number of carbonyl (C=O) groups is 2. The van der Waals surface area contributed by atoms with Gasteiger partial charge in [0.2, 0.25) is 11.9 Å². The molecular weight excluding hydrogens is 975 g/mol. The topological polar surface area (TPSA) is 171 Å². The summed E-state index contributed by atoms with van der Waals surface area (Å²) >= 11 is 0. The number of halogens is 6. The minimum atomic E-state index is -4.76. The van der Waals surface area contributed by atoms with Crippen molar-refractivity contribution in [3.63, 3.8) is 0 Å². The maximum Gasteiger partial charge on any atom is 0.573 e. The second-order valence-electron chi connectivity index (χ2n) is 21.2. The van der Waals surface area contributed by atoms with E-state index >= 15 is 0 Å². The number of nitrogens with zero attached hydrogens (tertiary/aromatic N) is 4. The van der Waals surface area contributed by atoms with Crippen molar-refractivity contribution in [2.24, 2.45) is 22.7 Å². The molecule has 2 saturated carbocycles. The number of ether oxygens (including phenoxy) is 4. The molecule has 14 nitrogen and oxygen atoms in total. The molecule has 4 aromatic carbocycles. The summed E-state index contributed by atoms with van der Waals surface area (Å²) in [4.78, 5) is 32.0. The Labute approximate surface area is 425 Å². The first-order valence-corrected chi connectivity index (χ1v) is 24.5. The van der Waals surface area contributed by atoms with Crippen LogP contribution < -0.4 is 29.6 Å². The zero-order chi connectivity index (χ0) is 53.9. The zero-order valence-corrected chi connectivity index (χ0v) is 42.7. The number of imidazole rings is 2. The predicted octanol–water partition coefficient (Wildman–Crippen LogP) is 14.2. The fourth-order valence-electron chi connectivity index (χ4n) is 11.2. The van der Waals surface area contributed by atoms with Gasteiger partial charge < -0.3 is 48.9 Å². The highest BCUT2D eigenvalue weighted by Gasteiger charge is 2.37. The first-order valence-electron chi connectivity index (χ1n) is 24.5. The van der Waals surface area contributed by atoms with Crippen molar-refractivity contribution < 1.29 is 65.1 Å². The van der Waals surface area contributed by atoms with Gasteiger partial charge in [-0.25, -0.2) is 9.97 Å². The van der Waals surface area contributed by atoms with Gasteiger partial charge in [-0.2, -0.15) is 0 Å². The van der Waals surface area contributed by atoms with Gasteiger partial charge in [0.05, 0.1) is 36.3 Å². The number of aliphatic carboxylic acids is 2. The summed E-state index contributed by atoms with van der Waals surface area (Å²) in [5.74, 6) is 0.904. The zero-order valence-electron chi connectivity index (χ0n) is 42.7. The average Bonchev–Trinajstić information content (AvgIpc) is 3.82. The molecule has 400 valence electrons. The molecule has 2 aromatic heterocycles. The van der Waals surface area contributed by atoms with Crippen molar-refractivity contribution >= 4 is 57.3 Å². The Kier molecular flexibility index (Phi) is 16.3. The standard InChI is InChI=1S/2C27H32F3N3O4/c2*1-16-11-19(15-26(2,3)14-16)33-22-13-23(36-4)17(5-10-24(34)35)12-21(22)32-25(33)31-18-6-8-20(9-7-18)37-27(28,29)30/h2*6-9,12-13,16,19H,5,10-11,14-15H2,1-4H3,(H,31,32)(H,34,35)/t2*16-,19+/m10/s1. The lowest BCUT2D eigenvalue weighted by Gasteiger charge is -2.40. The number of aromatic nitrogens is 4. The lowest BCUT2D eigenvalue weighted by molar-refractivity contribution is -0.275. The van der Waals surface area contributed by atoms with Crippen molar-refractivity contribution in [1.82, 2.24) is 19.1 Å². The normalized spacial score (nSPS) is 19.5. The van der Waals surface area contributed by atoms with Gasteiger partial charge in [-0.05, 0) is 146 Å². The fraction of sp³-hybridized carbons (Fsp3) is 0.481. The minimum absolute atomic E-state index is 0.0334. The van der Waals surface area contributed by atoms with Crippen molar-refractivity contribution in [2.45, 2.75) is 131 Å². The van der Waals surface area contributed by atoms with Gasteiger partial charge in [0.15, 0.2) is 0 Å². The molecule has 8 rings (SSSR count). The van der Waals surface area contributed by atoms with E-state index in [-0.39, 0.29) is 47.3 Å². The van der Waals surface area contributed by atoms with Crippen LogP contribution in [0.4, 0.5) is 49.6 Å². The first-order chi connectivity index (χ1) is 34.7. The summed E-state index contributed by atoms with van der Waals surface area (Å²) in [7, 11) is 3.11. The molecule has 2 fully saturated rings. The van der Waals surface area contributed by atoms with Gasteiger partial charge in [-0.15, -0.1) is 26.3 Å². The molecule has 0 spiro atoms. The smallest absolute Gasteiger partial charge is 0.496 e. The Morgan fingerprint density at radius 1 is 0.608 bits per heavy atom. The van der Waals surface area contributed by atoms with Crippen LogP contribution in [0.2, 0.25) is 0 Å².